The normalized spacial score (nSPS) is 10.0. The van der Waals surface area contributed by atoms with Gasteiger partial charge in [-0.05, 0) is 33.9 Å². The Labute approximate surface area is 282 Å². The molecule has 0 rings (SSSR count). The van der Waals surface area contributed by atoms with E-state index in [0.717, 1.165) is 42.6 Å². The number of carbonyl (C=O) groups excluding carboxylic acids is 2. The van der Waals surface area contributed by atoms with Crippen LogP contribution in [0.5, 0.6) is 0 Å². The maximum absolute atomic E-state index is 10.8. The minimum atomic E-state index is -0.716. The molecule has 16 heteroatoms. The fourth-order valence-electron chi connectivity index (χ4n) is 1.25. The van der Waals surface area contributed by atoms with Crippen LogP contribution in [0.1, 0.15) is 49.7 Å². The van der Waals surface area contributed by atoms with Crippen molar-refractivity contribution in [3.05, 3.63) is 0 Å². The Kier molecular flexibility index (Phi) is 79.0. The molecular weight excluding hydrogens is 641 g/mol. The number of nitrogens with two attached hydrogens (primary N) is 1. The van der Waals surface area contributed by atoms with Gasteiger partial charge in [0.15, 0.2) is 0 Å². The third-order valence-electron chi connectivity index (χ3n) is 3.11. The highest BCUT2D eigenvalue weighted by molar-refractivity contribution is 8.77. The Bertz CT molecular complexity index is 527. The minimum Gasteiger partial charge on any atom is -0.481 e. The highest BCUT2D eigenvalue weighted by Gasteiger charge is 1.97. The fraction of sp³-hybridized carbons (Fsp3) is 0.880. The maximum Gasteiger partial charge on any atom is 0.304 e. The van der Waals surface area contributed by atoms with Crippen LogP contribution >= 0.6 is 68.4 Å². The summed E-state index contributed by atoms with van der Waals surface area (Å²) < 4.78 is 13.0. The molecule has 0 radical (unpaired) electrons. The molecule has 0 aliphatic heterocycles. The molecule has 1 unspecified atom stereocenters. The van der Waals surface area contributed by atoms with E-state index in [1.165, 1.54) is 7.05 Å². The van der Waals surface area contributed by atoms with Gasteiger partial charge in [-0.25, -0.2) is 0 Å². The molecule has 0 saturated heterocycles. The number of carboxylic acids is 1. The van der Waals surface area contributed by atoms with Crippen molar-refractivity contribution in [2.75, 3.05) is 96.4 Å². The number of carboxylic acid groups (broad SMARTS) is 1. The Morgan fingerprint density at radius 1 is 0.756 bits per heavy atom. The third kappa shape index (κ3) is 92.3. The number of nitrogens with one attached hydrogen (secondary N) is 5. The van der Waals surface area contributed by atoms with Crippen LogP contribution in [0.15, 0.2) is 0 Å². The van der Waals surface area contributed by atoms with Crippen molar-refractivity contribution < 1.29 is 22.2 Å². The van der Waals surface area contributed by atoms with Crippen molar-refractivity contribution in [1.82, 2.24) is 26.6 Å². The van der Waals surface area contributed by atoms with E-state index in [4.69, 9.17) is 7.85 Å². The van der Waals surface area contributed by atoms with Crippen LogP contribution in [-0.2, 0) is 14.4 Å². The molecule has 8 N–H and O–H groups in total. The minimum absolute atomic E-state index is 0. The molecule has 0 fully saturated rings. The number of hydrogen-bond acceptors (Lipinski definition) is 13. The first-order chi connectivity index (χ1) is 20.1. The lowest BCUT2D eigenvalue weighted by Gasteiger charge is -1.99. The first-order valence-electron chi connectivity index (χ1n) is 13.9. The largest absolute Gasteiger partial charge is 0.481 e. The number of rotatable bonds is 18. The molecule has 0 aliphatic rings. The van der Waals surface area contributed by atoms with E-state index in [2.05, 4.69) is 57.6 Å². The SMILES string of the molecule is C.CN.CNC(=O)CCS.CNCCS.CNCCSSCCC(=O)NC.CNCCSSCCC(=O)O.[2H]C([3H])CC. The van der Waals surface area contributed by atoms with Gasteiger partial charge in [-0.15, -0.1) is 0 Å². The van der Waals surface area contributed by atoms with E-state index in [0.29, 0.717) is 30.8 Å². The number of hydrogen-bond donors (Lipinski definition) is 9. The molecule has 0 aromatic heterocycles. The van der Waals surface area contributed by atoms with Crippen LogP contribution in [0.4, 0.5) is 0 Å². The molecule has 0 aromatic rings. The zero-order valence-electron chi connectivity index (χ0n) is 27.5. The van der Waals surface area contributed by atoms with Crippen molar-refractivity contribution in [3.8, 4) is 0 Å². The summed E-state index contributed by atoms with van der Waals surface area (Å²) in [5.74, 6) is 4.72. The van der Waals surface area contributed by atoms with E-state index >= 15 is 0 Å². The smallest absolute Gasteiger partial charge is 0.304 e. The standard InChI is InChI=1S/C7H16N2OS2.C6H13NO2S2.C4H9NOS.C3H9NS.C3H8.CH5N.CH4/c1-8-4-6-12-11-5-3-7(10)9-2;1-7-3-5-11-10-4-2-6(8)9;1-5-4(6)2-3-7;1-4-2-3-5;1-3-2;1-2;/h8H,3-6H2,1-2H3,(H,9,10);7H,2-5H2,1H3,(H,8,9);7H,2-3H2,1H3,(H,5,6);4-5H,2-3H2,1H3;3H2,1-2H3;2H2,1H3;1H4/i;;;;1TD;;. The van der Waals surface area contributed by atoms with E-state index in [1.54, 1.807) is 57.3 Å². The summed E-state index contributed by atoms with van der Waals surface area (Å²) in [5.41, 5.74) is 4.50. The van der Waals surface area contributed by atoms with Crippen molar-refractivity contribution in [1.29, 1.82) is 0 Å². The molecule has 0 saturated carbocycles. The summed E-state index contributed by atoms with van der Waals surface area (Å²) in [6, 6.07) is 0. The first kappa shape index (κ1) is 51.0. The Morgan fingerprint density at radius 2 is 1.12 bits per heavy atom. The average molecular weight is 708 g/mol. The Hall–Kier alpha value is 0.350. The van der Waals surface area contributed by atoms with Gasteiger partial charge in [0.2, 0.25) is 11.8 Å². The first-order valence-corrected chi connectivity index (χ1v) is 19.0. The Morgan fingerprint density at radius 3 is 1.37 bits per heavy atom. The second-order valence-electron chi connectivity index (χ2n) is 6.44. The van der Waals surface area contributed by atoms with Crippen molar-refractivity contribution in [2.24, 2.45) is 5.73 Å². The Balaban J connectivity index is -0.0000000770. The molecule has 0 aromatic carbocycles. The highest BCUT2D eigenvalue weighted by Crippen LogP contribution is 2.21. The number of amides is 2. The van der Waals surface area contributed by atoms with Gasteiger partial charge < -0.3 is 37.4 Å². The predicted molar refractivity (Wildman–Crippen MR) is 202 cm³/mol. The quantitative estimate of drug-likeness (QED) is 0.0581. The molecule has 0 heterocycles. The van der Waals surface area contributed by atoms with Crippen LogP contribution in [0.25, 0.3) is 0 Å². The van der Waals surface area contributed by atoms with Gasteiger partial charge in [0, 0.05) is 78.1 Å². The molecule has 0 spiro atoms. The van der Waals surface area contributed by atoms with Gasteiger partial charge in [0.25, 0.3) is 0 Å². The molecule has 1 atom stereocenters. The van der Waals surface area contributed by atoms with Crippen molar-refractivity contribution >= 4 is 86.2 Å². The molecule has 41 heavy (non-hydrogen) atoms. The van der Waals surface area contributed by atoms with Gasteiger partial charge >= 0.3 is 5.97 Å². The molecule has 10 nitrogen and oxygen atoms in total. The van der Waals surface area contributed by atoms with Gasteiger partial charge in [-0.1, -0.05) is 70.8 Å². The lowest BCUT2D eigenvalue weighted by molar-refractivity contribution is -0.136. The monoisotopic (exact) mass is 707 g/mol. The molecule has 254 valence electrons. The van der Waals surface area contributed by atoms with Crippen LogP contribution in [0.3, 0.4) is 0 Å². The maximum atomic E-state index is 10.8. The summed E-state index contributed by atoms with van der Waals surface area (Å²) in [4.78, 5) is 31.1. The summed E-state index contributed by atoms with van der Waals surface area (Å²) in [6.45, 7) is 4.21. The predicted octanol–water partition coefficient (Wildman–Crippen LogP) is 3.60. The van der Waals surface area contributed by atoms with Crippen molar-refractivity contribution in [2.45, 2.75) is 46.9 Å². The molecular formula is C25H64N6O4S6. The van der Waals surface area contributed by atoms with Crippen LogP contribution < -0.4 is 32.3 Å². The van der Waals surface area contributed by atoms with Crippen LogP contribution in [-0.4, -0.2) is 119 Å². The lowest BCUT2D eigenvalue weighted by atomic mass is 10.5. The second kappa shape index (κ2) is 63.6. The molecule has 2 amide bonds. The van der Waals surface area contributed by atoms with E-state index < -0.39 is 12.8 Å². The van der Waals surface area contributed by atoms with Crippen LogP contribution in [0.2, 0.25) is 0 Å². The third-order valence-corrected chi connectivity index (χ3v) is 8.37. The zero-order valence-corrected chi connectivity index (χ0v) is 30.6. The second-order valence-corrected chi connectivity index (χ2v) is 12.7. The van der Waals surface area contributed by atoms with Gasteiger partial charge in [-0.3, -0.25) is 14.4 Å². The highest BCUT2D eigenvalue weighted by atomic mass is 33.1. The van der Waals surface area contributed by atoms with Crippen molar-refractivity contribution in [3.63, 3.8) is 0 Å². The van der Waals surface area contributed by atoms with E-state index in [-0.39, 0.29) is 25.7 Å². The number of carbonyl (C=O) groups is 3. The van der Waals surface area contributed by atoms with E-state index in [1.807, 2.05) is 28.1 Å². The summed E-state index contributed by atoms with van der Waals surface area (Å²) in [5, 5.41) is 22.4. The summed E-state index contributed by atoms with van der Waals surface area (Å²) in [6.07, 6.45) is 2.03. The number of thiol groups is 2. The summed E-state index contributed by atoms with van der Waals surface area (Å²) >= 11 is 7.79. The van der Waals surface area contributed by atoms with Crippen LogP contribution in [0, 0.1) is 0 Å². The lowest BCUT2D eigenvalue weighted by Crippen LogP contribution is -2.17. The topological polar surface area (TPSA) is 158 Å². The zero-order chi connectivity index (χ0) is 33.9. The van der Waals surface area contributed by atoms with Gasteiger partial charge in [0.05, 0.1) is 6.42 Å². The average Bonchev–Trinajstić information content (AvgIpc) is 2.99. The summed E-state index contributed by atoms with van der Waals surface area (Å²) in [7, 11) is 17.4. The van der Waals surface area contributed by atoms with Gasteiger partial charge in [-0.2, -0.15) is 25.3 Å². The number of aliphatic carboxylic acids is 1. The fourth-order valence-corrected chi connectivity index (χ4v) is 5.66. The van der Waals surface area contributed by atoms with Gasteiger partial charge in [0.1, 0.15) is 0 Å². The van der Waals surface area contributed by atoms with E-state index in [9.17, 15) is 14.4 Å². The molecule has 0 bridgehead atoms. The molecule has 0 aliphatic carbocycles.